The molecule has 0 aliphatic carbocycles. The highest BCUT2D eigenvalue weighted by Crippen LogP contribution is 2.24. The molecule has 1 heterocycles. The Balaban J connectivity index is 2.62. The van der Waals surface area contributed by atoms with Gasteiger partial charge in [0.05, 0.1) is 17.8 Å². The van der Waals surface area contributed by atoms with Gasteiger partial charge in [-0.25, -0.2) is 9.48 Å². The number of aromatic nitrogens is 2. The van der Waals surface area contributed by atoms with Gasteiger partial charge in [0, 0.05) is 18.3 Å². The topological polar surface area (TPSA) is 81.4 Å². The normalized spacial score (nSPS) is 10.2. The molecule has 0 fully saturated rings. The van der Waals surface area contributed by atoms with E-state index in [9.17, 15) is 9.59 Å². The van der Waals surface area contributed by atoms with Crippen molar-refractivity contribution in [1.82, 2.24) is 9.78 Å². The van der Waals surface area contributed by atoms with Crippen molar-refractivity contribution in [2.24, 2.45) is 0 Å². The van der Waals surface area contributed by atoms with E-state index >= 15 is 0 Å². The van der Waals surface area contributed by atoms with E-state index in [2.05, 4.69) is 5.10 Å². The lowest BCUT2D eigenvalue weighted by Crippen LogP contribution is -2.20. The Morgan fingerprint density at radius 2 is 2.16 bits per heavy atom. The maximum absolute atomic E-state index is 11.3. The lowest BCUT2D eigenvalue weighted by molar-refractivity contribution is 0.0687. The molecule has 6 nitrogen and oxygen atoms in total. The molecule has 7 heteroatoms. The zero-order valence-electron chi connectivity index (χ0n) is 9.83. The van der Waals surface area contributed by atoms with Gasteiger partial charge in [0.2, 0.25) is 11.1 Å². The highest BCUT2D eigenvalue weighted by atomic mass is 35.5. The molecule has 1 aromatic carbocycles. The molecule has 0 atom stereocenters. The Morgan fingerprint density at radius 3 is 2.79 bits per heavy atom. The summed E-state index contributed by atoms with van der Waals surface area (Å²) < 4.78 is 6.27. The first-order valence-electron chi connectivity index (χ1n) is 5.20. The number of methoxy groups -OCH3 is 1. The van der Waals surface area contributed by atoms with Crippen LogP contribution in [-0.4, -0.2) is 28.0 Å². The number of hydrogen-bond donors (Lipinski definition) is 1. The van der Waals surface area contributed by atoms with E-state index in [1.807, 2.05) is 0 Å². The van der Waals surface area contributed by atoms with Gasteiger partial charge in [0.15, 0.2) is 0 Å². The molecule has 1 aromatic heterocycles. The van der Waals surface area contributed by atoms with Crippen molar-refractivity contribution in [2.45, 2.75) is 0 Å². The molecule has 2 rings (SSSR count). The molecule has 0 saturated carbocycles. The second kappa shape index (κ2) is 5.11. The minimum atomic E-state index is -1.39. The fourth-order valence-corrected chi connectivity index (χ4v) is 1.69. The Morgan fingerprint density at radius 1 is 1.42 bits per heavy atom. The molecule has 2 aromatic rings. The second-order valence-corrected chi connectivity index (χ2v) is 4.00. The molecule has 0 radical (unpaired) electrons. The number of rotatable bonds is 3. The van der Waals surface area contributed by atoms with Gasteiger partial charge in [-0.15, -0.1) is 0 Å². The lowest BCUT2D eigenvalue weighted by atomic mass is 10.3. The number of carboxylic acids is 1. The summed E-state index contributed by atoms with van der Waals surface area (Å²) in [7, 11) is 1.49. The predicted octanol–water partition coefficient (Wildman–Crippen LogP) is 1.59. The Hall–Kier alpha value is -2.34. The fourth-order valence-electron chi connectivity index (χ4n) is 1.48. The van der Waals surface area contributed by atoms with E-state index in [0.29, 0.717) is 16.5 Å². The van der Waals surface area contributed by atoms with Crippen LogP contribution in [0.3, 0.4) is 0 Å². The van der Waals surface area contributed by atoms with Crippen LogP contribution in [-0.2, 0) is 0 Å². The molecule has 0 spiro atoms. The SMILES string of the molecule is COc1ccc(Cl)c(-n2ccc(=O)c(C(=O)O)n2)c1. The number of carboxylic acid groups (broad SMARTS) is 1. The van der Waals surface area contributed by atoms with Crippen LogP contribution in [0.5, 0.6) is 5.75 Å². The predicted molar refractivity (Wildman–Crippen MR) is 68.4 cm³/mol. The molecule has 1 N–H and O–H groups in total. The zero-order chi connectivity index (χ0) is 14.0. The quantitative estimate of drug-likeness (QED) is 0.923. The number of aromatic carboxylic acids is 1. The number of halogens is 1. The molecule has 0 unspecified atom stereocenters. The van der Waals surface area contributed by atoms with E-state index in [1.54, 1.807) is 18.2 Å². The van der Waals surface area contributed by atoms with Crippen LogP contribution in [0.1, 0.15) is 10.5 Å². The van der Waals surface area contributed by atoms with Gasteiger partial charge in [-0.05, 0) is 12.1 Å². The van der Waals surface area contributed by atoms with Gasteiger partial charge >= 0.3 is 5.97 Å². The summed E-state index contributed by atoms with van der Waals surface area (Å²) in [6.45, 7) is 0. The monoisotopic (exact) mass is 280 g/mol. The van der Waals surface area contributed by atoms with Crippen LogP contribution in [0, 0.1) is 0 Å². The maximum atomic E-state index is 11.3. The molecule has 0 saturated heterocycles. The highest BCUT2D eigenvalue weighted by molar-refractivity contribution is 6.32. The van der Waals surface area contributed by atoms with Crippen molar-refractivity contribution < 1.29 is 14.6 Å². The molecule has 0 aliphatic heterocycles. The number of carbonyl (C=O) groups is 1. The Kier molecular flexibility index (Phi) is 3.52. The van der Waals surface area contributed by atoms with Crippen molar-refractivity contribution in [2.75, 3.05) is 7.11 Å². The third-order valence-electron chi connectivity index (χ3n) is 2.41. The highest BCUT2D eigenvalue weighted by Gasteiger charge is 2.13. The molecular weight excluding hydrogens is 272 g/mol. The summed E-state index contributed by atoms with van der Waals surface area (Å²) in [4.78, 5) is 22.2. The maximum Gasteiger partial charge on any atom is 0.360 e. The van der Waals surface area contributed by atoms with Gasteiger partial charge in [0.1, 0.15) is 5.75 Å². The molecule has 0 amide bonds. The van der Waals surface area contributed by atoms with Crippen molar-refractivity contribution in [3.63, 3.8) is 0 Å². The van der Waals surface area contributed by atoms with Crippen LogP contribution in [0.2, 0.25) is 5.02 Å². The van der Waals surface area contributed by atoms with Gasteiger partial charge in [-0.1, -0.05) is 11.6 Å². The van der Waals surface area contributed by atoms with Crippen LogP contribution in [0.4, 0.5) is 0 Å². The van der Waals surface area contributed by atoms with Gasteiger partial charge in [-0.2, -0.15) is 5.10 Å². The molecule has 19 heavy (non-hydrogen) atoms. The first-order valence-corrected chi connectivity index (χ1v) is 5.58. The summed E-state index contributed by atoms with van der Waals surface area (Å²) in [6.07, 6.45) is 1.34. The largest absolute Gasteiger partial charge is 0.497 e. The van der Waals surface area contributed by atoms with Crippen molar-refractivity contribution >= 4 is 17.6 Å². The fraction of sp³-hybridized carbons (Fsp3) is 0.0833. The second-order valence-electron chi connectivity index (χ2n) is 3.60. The van der Waals surface area contributed by atoms with Crippen molar-refractivity contribution in [1.29, 1.82) is 0 Å². The zero-order valence-corrected chi connectivity index (χ0v) is 10.6. The van der Waals surface area contributed by atoms with E-state index < -0.39 is 17.1 Å². The van der Waals surface area contributed by atoms with E-state index in [4.69, 9.17) is 21.4 Å². The van der Waals surface area contributed by atoms with E-state index in [0.717, 1.165) is 6.07 Å². The van der Waals surface area contributed by atoms with Crippen LogP contribution in [0.25, 0.3) is 5.69 Å². The minimum absolute atomic E-state index is 0.355. The minimum Gasteiger partial charge on any atom is -0.497 e. The summed E-state index contributed by atoms with van der Waals surface area (Å²) in [5.41, 5.74) is -0.812. The van der Waals surface area contributed by atoms with Crippen LogP contribution in [0.15, 0.2) is 35.3 Å². The standard InChI is InChI=1S/C12H9ClN2O4/c1-19-7-2-3-8(13)9(6-7)15-5-4-10(16)11(14-15)12(17)18/h2-6H,1H3,(H,17,18). The number of hydrogen-bond acceptors (Lipinski definition) is 4. The van der Waals surface area contributed by atoms with Crippen LogP contribution < -0.4 is 10.2 Å². The summed E-state index contributed by atoms with van der Waals surface area (Å²) in [6, 6.07) is 5.96. The lowest BCUT2D eigenvalue weighted by Gasteiger charge is -2.09. The van der Waals surface area contributed by atoms with Crippen LogP contribution >= 0.6 is 11.6 Å². The van der Waals surface area contributed by atoms with Gasteiger partial charge in [0.25, 0.3) is 0 Å². The summed E-state index contributed by atoms with van der Waals surface area (Å²) >= 11 is 6.02. The molecule has 98 valence electrons. The summed E-state index contributed by atoms with van der Waals surface area (Å²) in [5.74, 6) is -0.852. The smallest absolute Gasteiger partial charge is 0.360 e. The van der Waals surface area contributed by atoms with E-state index in [1.165, 1.54) is 18.0 Å². The summed E-state index contributed by atoms with van der Waals surface area (Å²) in [5, 5.41) is 13.0. The van der Waals surface area contributed by atoms with Crippen molar-refractivity contribution in [3.05, 3.63) is 51.4 Å². The molecular formula is C12H9ClN2O4. The molecule has 0 bridgehead atoms. The average molecular weight is 281 g/mol. The number of nitrogens with zero attached hydrogens (tertiary/aromatic N) is 2. The Bertz CT molecular complexity index is 696. The Labute approximate surface area is 112 Å². The third kappa shape index (κ3) is 2.58. The van der Waals surface area contributed by atoms with E-state index in [-0.39, 0.29) is 0 Å². The van der Waals surface area contributed by atoms with Gasteiger partial charge < -0.3 is 9.84 Å². The number of benzene rings is 1. The third-order valence-corrected chi connectivity index (χ3v) is 2.73. The first-order chi connectivity index (χ1) is 9.02. The first kappa shape index (κ1) is 13.1. The number of ether oxygens (including phenoxy) is 1. The van der Waals surface area contributed by atoms with Crippen molar-refractivity contribution in [3.8, 4) is 11.4 Å². The van der Waals surface area contributed by atoms with Gasteiger partial charge in [-0.3, -0.25) is 4.79 Å². The average Bonchev–Trinajstić information content (AvgIpc) is 2.40. The molecule has 0 aliphatic rings.